The van der Waals surface area contributed by atoms with Gasteiger partial charge in [-0.25, -0.2) is 13.2 Å². The van der Waals surface area contributed by atoms with Gasteiger partial charge in [-0.05, 0) is 57.2 Å². The van der Waals surface area contributed by atoms with Crippen molar-refractivity contribution in [3.05, 3.63) is 29.8 Å². The number of anilines is 1. The molecular formula is C18H26N2O5S. The molecule has 0 unspecified atom stereocenters. The third kappa shape index (κ3) is 5.72. The number of carboxylic acid groups (broad SMARTS) is 1. The maximum atomic E-state index is 12.1. The first-order valence-corrected chi connectivity index (χ1v) is 10.5. The Hall–Kier alpha value is -2.09. The van der Waals surface area contributed by atoms with Crippen LogP contribution in [0.15, 0.2) is 24.3 Å². The number of sulfone groups is 1. The van der Waals surface area contributed by atoms with E-state index in [2.05, 4.69) is 10.6 Å². The molecular weight excluding hydrogens is 356 g/mol. The van der Waals surface area contributed by atoms with Gasteiger partial charge in [0.25, 0.3) is 0 Å². The van der Waals surface area contributed by atoms with Crippen LogP contribution in [0.25, 0.3) is 0 Å². The fourth-order valence-electron chi connectivity index (χ4n) is 2.98. The molecule has 26 heavy (non-hydrogen) atoms. The van der Waals surface area contributed by atoms with E-state index in [1.54, 1.807) is 38.1 Å². The number of benzene rings is 1. The molecule has 1 aliphatic carbocycles. The standard InChI is InChI=1S/C18H26N2O5S/c1-12(2)26(24,25)11-13-4-3-5-16(10-13)20-18(23)19-15-8-6-14(7-9-15)17(21)22/h3-5,10,12,14-15H,6-9,11H2,1-2H3,(H,21,22)(H2,19,20,23). The zero-order valence-electron chi connectivity index (χ0n) is 15.1. The minimum absolute atomic E-state index is 0.0462. The maximum Gasteiger partial charge on any atom is 0.319 e. The molecule has 1 saturated carbocycles. The fourth-order valence-corrected chi connectivity index (χ4v) is 3.95. The van der Waals surface area contributed by atoms with Gasteiger partial charge in [-0.15, -0.1) is 0 Å². The summed E-state index contributed by atoms with van der Waals surface area (Å²) >= 11 is 0. The Morgan fingerprint density at radius 2 is 1.85 bits per heavy atom. The minimum atomic E-state index is -3.21. The largest absolute Gasteiger partial charge is 0.481 e. The maximum absolute atomic E-state index is 12.1. The van der Waals surface area contributed by atoms with E-state index in [4.69, 9.17) is 5.11 Å². The summed E-state index contributed by atoms with van der Waals surface area (Å²) in [5.74, 6) is -1.17. The Balaban J connectivity index is 1.90. The van der Waals surface area contributed by atoms with E-state index in [-0.39, 0.29) is 23.7 Å². The Kier molecular flexibility index (Phi) is 6.63. The van der Waals surface area contributed by atoms with Crippen molar-refractivity contribution in [3.63, 3.8) is 0 Å². The number of nitrogens with one attached hydrogen (secondary N) is 2. The van der Waals surface area contributed by atoms with Gasteiger partial charge in [0, 0.05) is 11.7 Å². The van der Waals surface area contributed by atoms with Crippen LogP contribution in [0, 0.1) is 5.92 Å². The average molecular weight is 382 g/mol. The molecule has 2 amide bonds. The first-order chi connectivity index (χ1) is 12.2. The lowest BCUT2D eigenvalue weighted by atomic mass is 9.86. The predicted octanol–water partition coefficient (Wildman–Crippen LogP) is 2.77. The van der Waals surface area contributed by atoms with Gasteiger partial charge in [0.15, 0.2) is 9.84 Å². The van der Waals surface area contributed by atoms with Crippen LogP contribution >= 0.6 is 0 Å². The van der Waals surface area contributed by atoms with Crippen molar-refractivity contribution in [2.45, 2.75) is 56.6 Å². The van der Waals surface area contributed by atoms with Gasteiger partial charge in [0.2, 0.25) is 0 Å². The molecule has 0 aromatic heterocycles. The molecule has 0 spiro atoms. The Morgan fingerprint density at radius 3 is 2.42 bits per heavy atom. The van der Waals surface area contributed by atoms with Gasteiger partial charge in [-0.3, -0.25) is 4.79 Å². The molecule has 0 heterocycles. The fraction of sp³-hybridized carbons (Fsp3) is 0.556. The highest BCUT2D eigenvalue weighted by Crippen LogP contribution is 2.24. The van der Waals surface area contributed by atoms with E-state index in [0.717, 1.165) is 0 Å². The molecule has 1 aromatic rings. The van der Waals surface area contributed by atoms with Crippen LogP contribution in [0.5, 0.6) is 0 Å². The average Bonchev–Trinajstić information content (AvgIpc) is 2.55. The van der Waals surface area contributed by atoms with Crippen molar-refractivity contribution < 1.29 is 23.1 Å². The minimum Gasteiger partial charge on any atom is -0.481 e. The van der Waals surface area contributed by atoms with E-state index < -0.39 is 21.1 Å². The second kappa shape index (κ2) is 8.53. The second-order valence-corrected chi connectivity index (χ2v) is 9.60. The number of aliphatic carboxylic acids is 1. The summed E-state index contributed by atoms with van der Waals surface area (Å²) in [6.45, 7) is 3.29. The van der Waals surface area contributed by atoms with Gasteiger partial charge >= 0.3 is 12.0 Å². The molecule has 0 atom stereocenters. The number of hydrogen-bond donors (Lipinski definition) is 3. The molecule has 0 aliphatic heterocycles. The smallest absolute Gasteiger partial charge is 0.319 e. The summed E-state index contributed by atoms with van der Waals surface area (Å²) in [6.07, 6.45) is 2.39. The van der Waals surface area contributed by atoms with Crippen LogP contribution in [0.2, 0.25) is 0 Å². The molecule has 0 bridgehead atoms. The molecule has 1 aliphatic rings. The summed E-state index contributed by atoms with van der Waals surface area (Å²) in [6, 6.07) is 6.37. The van der Waals surface area contributed by atoms with Gasteiger partial charge in [-0.2, -0.15) is 0 Å². The highest BCUT2D eigenvalue weighted by molar-refractivity contribution is 7.91. The SMILES string of the molecule is CC(C)S(=O)(=O)Cc1cccc(NC(=O)NC2CCC(C(=O)O)CC2)c1. The molecule has 0 saturated heterocycles. The number of rotatable bonds is 6. The number of carbonyl (C=O) groups is 2. The molecule has 8 heteroatoms. The first kappa shape index (κ1) is 20.2. The first-order valence-electron chi connectivity index (χ1n) is 8.78. The van der Waals surface area contributed by atoms with Crippen LogP contribution in [0.4, 0.5) is 10.5 Å². The number of amides is 2. The number of carbonyl (C=O) groups excluding carboxylic acids is 1. The Bertz CT molecular complexity index is 753. The van der Waals surface area contributed by atoms with Gasteiger partial charge < -0.3 is 15.7 Å². The molecule has 1 aromatic carbocycles. The number of carboxylic acids is 1. The second-order valence-electron chi connectivity index (χ2n) is 7.04. The molecule has 1 fully saturated rings. The van der Waals surface area contributed by atoms with Crippen LogP contribution in [0.3, 0.4) is 0 Å². The van der Waals surface area contributed by atoms with Gasteiger partial charge in [0.05, 0.1) is 16.9 Å². The third-order valence-electron chi connectivity index (χ3n) is 4.68. The summed E-state index contributed by atoms with van der Waals surface area (Å²) in [5, 5.41) is 14.1. The predicted molar refractivity (Wildman–Crippen MR) is 99.7 cm³/mol. The normalized spacial score (nSPS) is 20.6. The quantitative estimate of drug-likeness (QED) is 0.700. The van der Waals surface area contributed by atoms with Crippen LogP contribution < -0.4 is 10.6 Å². The van der Waals surface area contributed by atoms with Gasteiger partial charge in [-0.1, -0.05) is 12.1 Å². The molecule has 3 N–H and O–H groups in total. The topological polar surface area (TPSA) is 113 Å². The van der Waals surface area contributed by atoms with Crippen molar-refractivity contribution >= 4 is 27.5 Å². The summed E-state index contributed by atoms with van der Waals surface area (Å²) in [4.78, 5) is 23.1. The summed E-state index contributed by atoms with van der Waals surface area (Å²) < 4.78 is 24.1. The molecule has 2 rings (SSSR count). The monoisotopic (exact) mass is 382 g/mol. The highest BCUT2D eigenvalue weighted by Gasteiger charge is 2.26. The lowest BCUT2D eigenvalue weighted by Gasteiger charge is -2.26. The van der Waals surface area contributed by atoms with E-state index in [9.17, 15) is 18.0 Å². The van der Waals surface area contributed by atoms with E-state index in [1.165, 1.54) is 0 Å². The number of urea groups is 1. The van der Waals surface area contributed by atoms with Crippen molar-refractivity contribution in [3.8, 4) is 0 Å². The summed E-state index contributed by atoms with van der Waals surface area (Å²) in [5.41, 5.74) is 1.15. The lowest BCUT2D eigenvalue weighted by molar-refractivity contribution is -0.142. The Labute approximate surface area is 154 Å². The zero-order valence-corrected chi connectivity index (χ0v) is 15.9. The van der Waals surface area contributed by atoms with Crippen molar-refractivity contribution in [2.24, 2.45) is 5.92 Å². The summed E-state index contributed by atoms with van der Waals surface area (Å²) in [7, 11) is -3.21. The number of hydrogen-bond acceptors (Lipinski definition) is 4. The van der Waals surface area contributed by atoms with Crippen molar-refractivity contribution in [1.82, 2.24) is 5.32 Å². The van der Waals surface area contributed by atoms with E-state index in [0.29, 0.717) is 36.9 Å². The Morgan fingerprint density at radius 1 is 1.19 bits per heavy atom. The van der Waals surface area contributed by atoms with Gasteiger partial charge in [0.1, 0.15) is 0 Å². The van der Waals surface area contributed by atoms with E-state index >= 15 is 0 Å². The van der Waals surface area contributed by atoms with Crippen LogP contribution in [0.1, 0.15) is 45.1 Å². The molecule has 7 nitrogen and oxygen atoms in total. The van der Waals surface area contributed by atoms with Crippen molar-refractivity contribution in [2.75, 3.05) is 5.32 Å². The zero-order chi connectivity index (χ0) is 19.3. The third-order valence-corrected chi connectivity index (χ3v) is 6.85. The lowest BCUT2D eigenvalue weighted by Crippen LogP contribution is -2.41. The van der Waals surface area contributed by atoms with E-state index in [1.807, 2.05) is 0 Å². The van der Waals surface area contributed by atoms with Crippen molar-refractivity contribution in [1.29, 1.82) is 0 Å². The highest BCUT2D eigenvalue weighted by atomic mass is 32.2. The molecule has 144 valence electrons. The van der Waals surface area contributed by atoms with Crippen LogP contribution in [-0.4, -0.2) is 36.8 Å². The van der Waals surface area contributed by atoms with Crippen LogP contribution in [-0.2, 0) is 20.4 Å². The molecule has 0 radical (unpaired) electrons.